The van der Waals surface area contributed by atoms with E-state index in [-0.39, 0.29) is 43.5 Å². The molecule has 1 heterocycles. The highest BCUT2D eigenvalue weighted by molar-refractivity contribution is 14.1. The number of anilines is 1. The first-order chi connectivity index (χ1) is 15.6. The Morgan fingerprint density at radius 1 is 1.09 bits per heavy atom. The number of nitrogens with two attached hydrogens (primary N) is 1. The number of amides is 2. The second-order valence-corrected chi connectivity index (χ2v) is 11.0. The molecule has 0 saturated carbocycles. The predicted octanol–water partition coefficient (Wildman–Crippen LogP) is 0.834. The van der Waals surface area contributed by atoms with Crippen LogP contribution in [0.4, 0.5) is 5.69 Å². The maximum atomic E-state index is 13.3. The van der Waals surface area contributed by atoms with Gasteiger partial charge in [0.1, 0.15) is 6.04 Å². The van der Waals surface area contributed by atoms with Crippen molar-refractivity contribution in [2.45, 2.75) is 17.5 Å². The summed E-state index contributed by atoms with van der Waals surface area (Å²) in [4.78, 5) is 28.8. The highest BCUT2D eigenvalue weighted by Crippen LogP contribution is 2.23. The Morgan fingerprint density at radius 2 is 1.73 bits per heavy atom. The fourth-order valence-electron chi connectivity index (χ4n) is 3.58. The molecular weight excluding hydrogens is 557 g/mol. The van der Waals surface area contributed by atoms with Gasteiger partial charge in [-0.3, -0.25) is 9.59 Å². The van der Waals surface area contributed by atoms with E-state index in [2.05, 4.69) is 27.9 Å². The van der Waals surface area contributed by atoms with E-state index < -0.39 is 22.0 Å². The van der Waals surface area contributed by atoms with Crippen LogP contribution in [0.1, 0.15) is 5.56 Å². The van der Waals surface area contributed by atoms with E-state index in [0.29, 0.717) is 0 Å². The maximum absolute atomic E-state index is 13.3. The fraction of sp³-hybridized carbons (Fsp3) is 0.364. The highest BCUT2D eigenvalue weighted by atomic mass is 127. The smallest absolute Gasteiger partial charge is 0.243 e. The minimum atomic E-state index is -3.93. The number of nitrogens with one attached hydrogen (secondary N) is 1. The topological polar surface area (TPSA) is 116 Å². The number of hydrogen-bond acceptors (Lipinski definition) is 6. The number of sulfonamides is 1. The summed E-state index contributed by atoms with van der Waals surface area (Å²) in [6, 6.07) is 13.1. The molecule has 0 aromatic heterocycles. The first kappa shape index (κ1) is 25.4. The highest BCUT2D eigenvalue weighted by Gasteiger charge is 2.41. The molecule has 2 aromatic carbocycles. The fourth-order valence-corrected chi connectivity index (χ4v) is 5.51. The molecule has 11 heteroatoms. The van der Waals surface area contributed by atoms with Gasteiger partial charge < -0.3 is 20.9 Å². The van der Waals surface area contributed by atoms with Crippen LogP contribution in [0.25, 0.3) is 0 Å². The van der Waals surface area contributed by atoms with Gasteiger partial charge in [-0.25, -0.2) is 8.42 Å². The average molecular weight is 585 g/mol. The molecule has 3 N–H and O–H groups in total. The molecule has 0 spiro atoms. The Bertz CT molecular complexity index is 1090. The Morgan fingerprint density at radius 3 is 2.30 bits per heavy atom. The number of nitrogens with zero attached hydrogens (tertiary/aromatic N) is 3. The zero-order valence-electron chi connectivity index (χ0n) is 18.6. The summed E-state index contributed by atoms with van der Waals surface area (Å²) < 4.78 is 28.8. The molecule has 3 rings (SSSR count). The van der Waals surface area contributed by atoms with E-state index >= 15 is 0 Å². The third-order valence-corrected chi connectivity index (χ3v) is 8.14. The van der Waals surface area contributed by atoms with Crippen LogP contribution in [0, 0.1) is 3.57 Å². The molecular formula is C22H28IN5O4S. The molecule has 2 amide bonds. The lowest BCUT2D eigenvalue weighted by atomic mass is 10.1. The third-order valence-electron chi connectivity index (χ3n) is 5.50. The molecule has 1 atom stereocenters. The van der Waals surface area contributed by atoms with E-state index in [1.165, 1.54) is 21.3 Å². The summed E-state index contributed by atoms with van der Waals surface area (Å²) in [7, 11) is -0.0498. The number of piperazine rings is 1. The maximum Gasteiger partial charge on any atom is 0.243 e. The van der Waals surface area contributed by atoms with Crippen molar-refractivity contribution in [3.63, 3.8) is 0 Å². The largest absolute Gasteiger partial charge is 0.378 e. The van der Waals surface area contributed by atoms with Gasteiger partial charge in [-0.05, 0) is 64.6 Å². The molecule has 0 unspecified atom stereocenters. The summed E-state index contributed by atoms with van der Waals surface area (Å²) in [6.45, 7) is 0.178. The van der Waals surface area contributed by atoms with E-state index in [9.17, 15) is 18.0 Å². The van der Waals surface area contributed by atoms with Crippen molar-refractivity contribution in [1.29, 1.82) is 0 Å². The molecule has 9 nitrogen and oxygen atoms in total. The van der Waals surface area contributed by atoms with Gasteiger partial charge in [0.05, 0.1) is 11.4 Å². The van der Waals surface area contributed by atoms with Crippen LogP contribution < -0.4 is 16.0 Å². The minimum absolute atomic E-state index is 0.00960. The molecule has 2 aromatic rings. The quantitative estimate of drug-likeness (QED) is 0.466. The Labute approximate surface area is 208 Å². The van der Waals surface area contributed by atoms with E-state index in [1.54, 1.807) is 12.1 Å². The van der Waals surface area contributed by atoms with Crippen LogP contribution in [-0.4, -0.2) is 75.8 Å². The zero-order valence-corrected chi connectivity index (χ0v) is 21.5. The van der Waals surface area contributed by atoms with Crippen LogP contribution in [0.3, 0.4) is 0 Å². The number of carbonyl (C=O) groups excluding carboxylic acids is 2. The van der Waals surface area contributed by atoms with Crippen LogP contribution in [0.2, 0.25) is 0 Å². The molecule has 1 saturated heterocycles. The van der Waals surface area contributed by atoms with Crippen LogP contribution >= 0.6 is 22.6 Å². The summed E-state index contributed by atoms with van der Waals surface area (Å²) in [5, 5.41) is 2.83. The molecule has 0 bridgehead atoms. The van der Waals surface area contributed by atoms with Gasteiger partial charge in [0.2, 0.25) is 21.8 Å². The summed E-state index contributed by atoms with van der Waals surface area (Å²) in [6.07, 6.45) is 0. The molecule has 178 valence electrons. The standard InChI is InChI=1S/C22H28IN5O4S/c1-26(2)18-7-3-16(4-8-18)14-25-22(30)20-15-27(21(29)13-24)11-12-28(20)33(31,32)19-9-5-17(23)6-10-19/h3-10,20H,11-15,24H2,1-2H3,(H,25,30)/t20-/m1/s1. The first-order valence-corrected chi connectivity index (χ1v) is 12.9. The SMILES string of the molecule is CN(C)c1ccc(CNC(=O)[C@H]2CN(C(=O)CN)CCN2S(=O)(=O)c2ccc(I)cc2)cc1. The van der Waals surface area contributed by atoms with Crippen molar-refractivity contribution in [3.05, 3.63) is 57.7 Å². The van der Waals surface area contributed by atoms with Crippen LogP contribution in [-0.2, 0) is 26.2 Å². The number of rotatable bonds is 7. The van der Waals surface area contributed by atoms with Crippen molar-refractivity contribution in [3.8, 4) is 0 Å². The van der Waals surface area contributed by atoms with Gasteiger partial charge in [0.15, 0.2) is 0 Å². The lowest BCUT2D eigenvalue weighted by Crippen LogP contribution is -2.61. The summed E-state index contributed by atoms with van der Waals surface area (Å²) in [5.74, 6) is -0.784. The zero-order chi connectivity index (χ0) is 24.2. The van der Waals surface area contributed by atoms with Gasteiger partial charge in [-0.2, -0.15) is 4.31 Å². The van der Waals surface area contributed by atoms with Crippen molar-refractivity contribution in [2.75, 3.05) is 45.2 Å². The van der Waals surface area contributed by atoms with Gasteiger partial charge in [-0.1, -0.05) is 12.1 Å². The van der Waals surface area contributed by atoms with Gasteiger partial charge in [0, 0.05) is 49.5 Å². The molecule has 1 aliphatic rings. The van der Waals surface area contributed by atoms with E-state index in [4.69, 9.17) is 5.73 Å². The Kier molecular flexibility index (Phi) is 8.32. The van der Waals surface area contributed by atoms with Crippen molar-refractivity contribution >= 4 is 50.1 Å². The first-order valence-electron chi connectivity index (χ1n) is 10.4. The van der Waals surface area contributed by atoms with Crippen LogP contribution in [0.15, 0.2) is 53.4 Å². The third kappa shape index (κ3) is 6.02. The average Bonchev–Trinajstić information content (AvgIpc) is 2.82. The van der Waals surface area contributed by atoms with Crippen LogP contribution in [0.5, 0.6) is 0 Å². The van der Waals surface area contributed by atoms with Crippen molar-refractivity contribution in [1.82, 2.24) is 14.5 Å². The lowest BCUT2D eigenvalue weighted by molar-refractivity contribution is -0.135. The van der Waals surface area contributed by atoms with Gasteiger partial charge in [-0.15, -0.1) is 0 Å². The molecule has 0 radical (unpaired) electrons. The second-order valence-electron chi connectivity index (χ2n) is 7.91. The number of halogens is 1. The normalized spacial score (nSPS) is 17.0. The Balaban J connectivity index is 1.81. The van der Waals surface area contributed by atoms with E-state index in [0.717, 1.165) is 14.8 Å². The minimum Gasteiger partial charge on any atom is -0.378 e. The molecule has 33 heavy (non-hydrogen) atoms. The molecule has 0 aliphatic carbocycles. The monoisotopic (exact) mass is 585 g/mol. The summed E-state index contributed by atoms with van der Waals surface area (Å²) in [5.41, 5.74) is 7.40. The van der Waals surface area contributed by atoms with Crippen molar-refractivity contribution in [2.24, 2.45) is 5.73 Å². The van der Waals surface area contributed by atoms with Crippen molar-refractivity contribution < 1.29 is 18.0 Å². The predicted molar refractivity (Wildman–Crippen MR) is 135 cm³/mol. The second kappa shape index (κ2) is 10.8. The van der Waals surface area contributed by atoms with Gasteiger partial charge in [0.25, 0.3) is 0 Å². The lowest BCUT2D eigenvalue weighted by Gasteiger charge is -2.39. The number of benzene rings is 2. The number of hydrogen-bond donors (Lipinski definition) is 2. The summed E-state index contributed by atoms with van der Waals surface area (Å²) >= 11 is 2.10. The number of carbonyl (C=O) groups is 2. The van der Waals surface area contributed by atoms with E-state index in [1.807, 2.05) is 43.3 Å². The molecule has 1 fully saturated rings. The Hall–Kier alpha value is -2.22. The van der Waals surface area contributed by atoms with Gasteiger partial charge >= 0.3 is 0 Å². The molecule has 1 aliphatic heterocycles.